The predicted octanol–water partition coefficient (Wildman–Crippen LogP) is 2.74. The molecule has 108 valence electrons. The van der Waals surface area contributed by atoms with Crippen LogP contribution in [0.4, 0.5) is 5.82 Å². The summed E-state index contributed by atoms with van der Waals surface area (Å²) in [6, 6.07) is 0. The van der Waals surface area contributed by atoms with Gasteiger partial charge in [0.25, 0.3) is 0 Å². The normalized spacial score (nSPS) is 14.8. The summed E-state index contributed by atoms with van der Waals surface area (Å²) in [5.74, 6) is 7.08. The number of hydrogen-bond donors (Lipinski definition) is 2. The van der Waals surface area contributed by atoms with E-state index >= 15 is 0 Å². The summed E-state index contributed by atoms with van der Waals surface area (Å²) in [5, 5.41) is 1.10. The number of nitrogens with one attached hydrogen (secondary N) is 1. The van der Waals surface area contributed by atoms with Gasteiger partial charge in [0.05, 0.1) is 5.39 Å². The first-order valence-electron chi connectivity index (χ1n) is 7.00. The molecule has 1 aliphatic carbocycles. The number of anilines is 1. The van der Waals surface area contributed by atoms with Crippen LogP contribution in [0.2, 0.25) is 0 Å². The fraction of sp³-hybridized carbons (Fsp3) is 0.571. The molecule has 0 amide bonds. The first-order chi connectivity index (χ1) is 9.56. The molecular weight excluding hydrogens is 272 g/mol. The smallest absolute Gasteiger partial charge is 0.163 e. The Bertz CT molecular complexity index is 650. The number of rotatable bonds is 4. The maximum Gasteiger partial charge on any atom is 0.163 e. The van der Waals surface area contributed by atoms with Crippen LogP contribution >= 0.6 is 11.3 Å². The Kier molecular flexibility index (Phi) is 3.40. The van der Waals surface area contributed by atoms with Crippen molar-refractivity contribution in [2.45, 2.75) is 45.6 Å². The topological polar surface area (TPSA) is 73.1 Å². The van der Waals surface area contributed by atoms with E-state index in [1.54, 1.807) is 11.3 Å². The second-order valence-corrected chi connectivity index (χ2v) is 6.60. The van der Waals surface area contributed by atoms with Gasteiger partial charge in [-0.15, -0.1) is 11.3 Å². The van der Waals surface area contributed by atoms with E-state index in [2.05, 4.69) is 10.4 Å². The van der Waals surface area contributed by atoms with Gasteiger partial charge >= 0.3 is 0 Å². The van der Waals surface area contributed by atoms with E-state index in [1.807, 2.05) is 20.8 Å². The van der Waals surface area contributed by atoms with Crippen molar-refractivity contribution in [1.29, 1.82) is 0 Å². The molecule has 0 radical (unpaired) electrons. The summed E-state index contributed by atoms with van der Waals surface area (Å²) in [7, 11) is 0. The van der Waals surface area contributed by atoms with Crippen LogP contribution in [0, 0.1) is 0 Å². The number of nitrogens with two attached hydrogens (primary N) is 1. The highest BCUT2D eigenvalue weighted by Crippen LogP contribution is 2.40. The molecular formula is C14H20N4OS. The summed E-state index contributed by atoms with van der Waals surface area (Å²) < 4.78 is 5.75. The third-order valence-corrected chi connectivity index (χ3v) is 4.93. The number of hydrazine groups is 1. The zero-order valence-corrected chi connectivity index (χ0v) is 12.9. The Labute approximate surface area is 122 Å². The molecule has 0 aliphatic heterocycles. The van der Waals surface area contributed by atoms with Crippen LogP contribution in [0.1, 0.15) is 43.5 Å². The van der Waals surface area contributed by atoms with Crippen molar-refractivity contribution in [3.8, 4) is 0 Å². The largest absolute Gasteiger partial charge is 0.368 e. The third kappa shape index (κ3) is 2.08. The maximum atomic E-state index is 5.75. The summed E-state index contributed by atoms with van der Waals surface area (Å²) in [4.78, 5) is 11.8. The van der Waals surface area contributed by atoms with Gasteiger partial charge in [0.1, 0.15) is 10.4 Å². The molecule has 0 spiro atoms. The van der Waals surface area contributed by atoms with Gasteiger partial charge in [0.2, 0.25) is 0 Å². The molecule has 5 nitrogen and oxygen atoms in total. The van der Waals surface area contributed by atoms with Crippen molar-refractivity contribution in [2.24, 2.45) is 5.84 Å². The fourth-order valence-electron chi connectivity index (χ4n) is 2.79. The van der Waals surface area contributed by atoms with Crippen LogP contribution in [0.25, 0.3) is 10.2 Å². The van der Waals surface area contributed by atoms with Crippen molar-refractivity contribution in [1.82, 2.24) is 9.97 Å². The van der Waals surface area contributed by atoms with E-state index < -0.39 is 5.60 Å². The second kappa shape index (κ2) is 4.95. The van der Waals surface area contributed by atoms with Crippen molar-refractivity contribution >= 4 is 27.4 Å². The highest BCUT2D eigenvalue weighted by atomic mass is 32.1. The number of aryl methyl sites for hydroxylation is 2. The average Bonchev–Trinajstić information content (AvgIpc) is 2.97. The Morgan fingerprint density at radius 1 is 1.35 bits per heavy atom. The van der Waals surface area contributed by atoms with Crippen LogP contribution in [0.15, 0.2) is 0 Å². The Morgan fingerprint density at radius 3 is 2.85 bits per heavy atom. The fourth-order valence-corrected chi connectivity index (χ4v) is 4.06. The molecule has 2 aromatic rings. The minimum absolute atomic E-state index is 0.511. The predicted molar refractivity (Wildman–Crippen MR) is 81.9 cm³/mol. The first-order valence-corrected chi connectivity index (χ1v) is 7.81. The van der Waals surface area contributed by atoms with Gasteiger partial charge in [-0.2, -0.15) is 0 Å². The number of thiophene rings is 1. The number of nitrogens with zero attached hydrogens (tertiary/aromatic N) is 2. The zero-order chi connectivity index (χ0) is 14.3. The number of hydrogen-bond acceptors (Lipinski definition) is 6. The Hall–Kier alpha value is -1.24. The molecule has 3 rings (SSSR count). The van der Waals surface area contributed by atoms with Crippen molar-refractivity contribution in [3.05, 3.63) is 16.3 Å². The molecule has 0 saturated carbocycles. The van der Waals surface area contributed by atoms with Gasteiger partial charge < -0.3 is 10.2 Å². The third-order valence-electron chi connectivity index (χ3n) is 3.75. The summed E-state index contributed by atoms with van der Waals surface area (Å²) in [5.41, 5.74) is 3.60. The molecule has 0 aromatic carbocycles. The van der Waals surface area contributed by atoms with E-state index in [0.717, 1.165) is 28.9 Å². The SMILES string of the molecule is CCOC(C)(C)c1nc(NN)c2c3c(sc2n1)CCC3. The number of fused-ring (bicyclic) bond motifs is 3. The number of aromatic nitrogens is 2. The number of ether oxygens (including phenoxy) is 1. The first kappa shape index (κ1) is 13.7. The average molecular weight is 292 g/mol. The van der Waals surface area contributed by atoms with E-state index in [1.165, 1.54) is 16.9 Å². The number of nitrogen functional groups attached to an aromatic ring is 1. The molecule has 0 fully saturated rings. The zero-order valence-electron chi connectivity index (χ0n) is 12.1. The summed E-state index contributed by atoms with van der Waals surface area (Å²) in [6.45, 7) is 6.57. The van der Waals surface area contributed by atoms with Gasteiger partial charge in [-0.1, -0.05) is 0 Å². The van der Waals surface area contributed by atoms with Crippen molar-refractivity contribution in [2.75, 3.05) is 12.0 Å². The van der Waals surface area contributed by atoms with Crippen LogP contribution in [0.5, 0.6) is 0 Å². The van der Waals surface area contributed by atoms with Crippen LogP contribution in [0.3, 0.4) is 0 Å². The molecule has 6 heteroatoms. The lowest BCUT2D eigenvalue weighted by atomic mass is 10.1. The highest BCUT2D eigenvalue weighted by Gasteiger charge is 2.28. The van der Waals surface area contributed by atoms with Crippen molar-refractivity contribution in [3.63, 3.8) is 0 Å². The molecule has 1 aliphatic rings. The molecule has 2 aromatic heterocycles. The molecule has 0 unspecified atom stereocenters. The van der Waals surface area contributed by atoms with Crippen LogP contribution < -0.4 is 11.3 Å². The van der Waals surface area contributed by atoms with Gasteiger partial charge in [0, 0.05) is 11.5 Å². The van der Waals surface area contributed by atoms with E-state index in [0.29, 0.717) is 12.4 Å². The van der Waals surface area contributed by atoms with Gasteiger partial charge in [-0.05, 0) is 45.6 Å². The molecule has 20 heavy (non-hydrogen) atoms. The monoisotopic (exact) mass is 292 g/mol. The molecule has 3 N–H and O–H groups in total. The van der Waals surface area contributed by atoms with Crippen LogP contribution in [-0.4, -0.2) is 16.6 Å². The van der Waals surface area contributed by atoms with Gasteiger partial charge in [-0.3, -0.25) is 0 Å². The van der Waals surface area contributed by atoms with Gasteiger partial charge in [-0.25, -0.2) is 15.8 Å². The highest BCUT2D eigenvalue weighted by molar-refractivity contribution is 7.19. The lowest BCUT2D eigenvalue weighted by Gasteiger charge is -2.23. The van der Waals surface area contributed by atoms with Gasteiger partial charge in [0.15, 0.2) is 11.6 Å². The quantitative estimate of drug-likeness (QED) is 0.669. The lowest BCUT2D eigenvalue weighted by molar-refractivity contribution is -0.0204. The maximum absolute atomic E-state index is 5.75. The van der Waals surface area contributed by atoms with Crippen LogP contribution in [-0.2, 0) is 23.2 Å². The van der Waals surface area contributed by atoms with Crippen molar-refractivity contribution < 1.29 is 4.74 Å². The standard InChI is InChI=1S/C14H20N4OS/c1-4-19-14(2,3)13-16-11(18-15)10-8-6-5-7-9(8)20-12(10)17-13/h4-7,15H2,1-3H3,(H,16,17,18). The van der Waals surface area contributed by atoms with E-state index in [9.17, 15) is 0 Å². The molecule has 0 saturated heterocycles. The minimum atomic E-state index is -0.511. The summed E-state index contributed by atoms with van der Waals surface area (Å²) in [6.07, 6.45) is 3.46. The molecule has 0 bridgehead atoms. The molecule has 0 atom stereocenters. The minimum Gasteiger partial charge on any atom is -0.368 e. The summed E-state index contributed by atoms with van der Waals surface area (Å²) >= 11 is 1.76. The Balaban J connectivity index is 2.18. The van der Waals surface area contributed by atoms with E-state index in [-0.39, 0.29) is 0 Å². The molecule has 2 heterocycles. The Morgan fingerprint density at radius 2 is 2.15 bits per heavy atom. The van der Waals surface area contributed by atoms with E-state index in [4.69, 9.17) is 15.6 Å². The lowest BCUT2D eigenvalue weighted by Crippen LogP contribution is -2.25. The second-order valence-electron chi connectivity index (χ2n) is 5.52.